The third kappa shape index (κ3) is 6.90. The highest BCUT2D eigenvalue weighted by Gasteiger charge is 2.13. The van der Waals surface area contributed by atoms with Gasteiger partial charge in [-0.15, -0.1) is 0 Å². The van der Waals surface area contributed by atoms with Gasteiger partial charge in [-0.05, 0) is 19.3 Å². The van der Waals surface area contributed by atoms with E-state index in [-0.39, 0.29) is 37.3 Å². The lowest BCUT2D eigenvalue weighted by Gasteiger charge is -2.19. The highest BCUT2D eigenvalue weighted by molar-refractivity contribution is 5.77. The summed E-state index contributed by atoms with van der Waals surface area (Å²) in [6.07, 6.45) is 0.577. The zero-order chi connectivity index (χ0) is 11.8. The van der Waals surface area contributed by atoms with Gasteiger partial charge >= 0.3 is 5.97 Å². The molecule has 3 N–H and O–H groups in total. The van der Waals surface area contributed by atoms with Gasteiger partial charge in [0.15, 0.2) is 0 Å². The van der Waals surface area contributed by atoms with Crippen molar-refractivity contribution in [3.05, 3.63) is 0 Å². The quantitative estimate of drug-likeness (QED) is 0.575. The predicted octanol–water partition coefficient (Wildman–Crippen LogP) is 0.374. The normalized spacial score (nSPS) is 14.3. The second-order valence-corrected chi connectivity index (χ2v) is 3.76. The van der Waals surface area contributed by atoms with E-state index < -0.39 is 5.97 Å². The van der Waals surface area contributed by atoms with E-state index in [1.165, 1.54) is 0 Å². The number of carbonyl (C=O) groups is 2. The number of carboxylic acid groups (broad SMARTS) is 1. The van der Waals surface area contributed by atoms with Crippen molar-refractivity contribution in [1.82, 2.24) is 5.32 Å². The van der Waals surface area contributed by atoms with Crippen LogP contribution in [0.15, 0.2) is 0 Å². The molecule has 5 heteroatoms. The summed E-state index contributed by atoms with van der Waals surface area (Å²) in [6.45, 7) is 3.68. The van der Waals surface area contributed by atoms with Crippen LogP contribution in [-0.4, -0.2) is 34.7 Å². The molecule has 5 nitrogen and oxygen atoms in total. The Balaban J connectivity index is 3.69. The SMILES string of the molecule is CC(CO)C(C)NC(=O)CCCC(=O)O. The summed E-state index contributed by atoms with van der Waals surface area (Å²) in [5, 5.41) is 19.9. The zero-order valence-electron chi connectivity index (χ0n) is 9.19. The average Bonchev–Trinajstić information content (AvgIpc) is 2.15. The molecule has 0 heterocycles. The summed E-state index contributed by atoms with van der Waals surface area (Å²) in [6, 6.07) is -0.0904. The van der Waals surface area contributed by atoms with Crippen LogP contribution in [0.1, 0.15) is 33.1 Å². The minimum atomic E-state index is -0.889. The molecule has 0 fully saturated rings. The molecule has 0 aliphatic heterocycles. The van der Waals surface area contributed by atoms with Crippen LogP contribution in [0.2, 0.25) is 0 Å². The largest absolute Gasteiger partial charge is 0.481 e. The Kier molecular flexibility index (Phi) is 6.70. The first-order valence-electron chi connectivity index (χ1n) is 5.09. The minimum Gasteiger partial charge on any atom is -0.481 e. The third-order valence-electron chi connectivity index (χ3n) is 2.32. The topological polar surface area (TPSA) is 86.6 Å². The molecule has 88 valence electrons. The van der Waals surface area contributed by atoms with Gasteiger partial charge < -0.3 is 15.5 Å². The van der Waals surface area contributed by atoms with Crippen molar-refractivity contribution in [2.45, 2.75) is 39.2 Å². The Hall–Kier alpha value is -1.10. The Morgan fingerprint density at radius 1 is 1.27 bits per heavy atom. The first-order chi connectivity index (χ1) is 6.97. The van der Waals surface area contributed by atoms with Gasteiger partial charge in [0.2, 0.25) is 5.91 Å². The van der Waals surface area contributed by atoms with E-state index in [4.69, 9.17) is 10.2 Å². The molecule has 15 heavy (non-hydrogen) atoms. The van der Waals surface area contributed by atoms with Crippen LogP contribution in [0.5, 0.6) is 0 Å². The van der Waals surface area contributed by atoms with Crippen molar-refractivity contribution < 1.29 is 19.8 Å². The maximum atomic E-state index is 11.3. The summed E-state index contributed by atoms with van der Waals surface area (Å²) >= 11 is 0. The van der Waals surface area contributed by atoms with E-state index in [1.54, 1.807) is 0 Å². The minimum absolute atomic E-state index is 0.00780. The number of aliphatic hydroxyl groups is 1. The smallest absolute Gasteiger partial charge is 0.303 e. The van der Waals surface area contributed by atoms with Crippen LogP contribution < -0.4 is 5.32 Å². The molecule has 0 radical (unpaired) electrons. The standard InChI is InChI=1S/C10H19NO4/c1-7(6-12)8(2)11-9(13)4-3-5-10(14)15/h7-8,12H,3-6H2,1-2H3,(H,11,13)(H,14,15). The molecule has 0 saturated carbocycles. The molecule has 0 rings (SSSR count). The Morgan fingerprint density at radius 2 is 1.87 bits per heavy atom. The van der Waals surface area contributed by atoms with Gasteiger partial charge in [0.25, 0.3) is 0 Å². The number of carboxylic acids is 1. The molecule has 0 spiro atoms. The molecular weight excluding hydrogens is 198 g/mol. The van der Waals surface area contributed by atoms with Gasteiger partial charge in [-0.2, -0.15) is 0 Å². The van der Waals surface area contributed by atoms with Gasteiger partial charge in [0.05, 0.1) is 0 Å². The molecule has 0 saturated heterocycles. The molecule has 0 aromatic heterocycles. The fraction of sp³-hybridized carbons (Fsp3) is 0.800. The Bertz CT molecular complexity index is 217. The van der Waals surface area contributed by atoms with Crippen LogP contribution >= 0.6 is 0 Å². The summed E-state index contributed by atoms with van der Waals surface area (Å²) in [5.41, 5.74) is 0. The van der Waals surface area contributed by atoms with E-state index in [9.17, 15) is 9.59 Å². The van der Waals surface area contributed by atoms with E-state index in [0.29, 0.717) is 6.42 Å². The second kappa shape index (κ2) is 7.23. The lowest BCUT2D eigenvalue weighted by Crippen LogP contribution is -2.38. The van der Waals surface area contributed by atoms with Gasteiger partial charge in [-0.25, -0.2) is 0 Å². The number of hydrogen-bond acceptors (Lipinski definition) is 3. The number of amides is 1. The second-order valence-electron chi connectivity index (χ2n) is 3.76. The van der Waals surface area contributed by atoms with Crippen molar-refractivity contribution in [1.29, 1.82) is 0 Å². The first kappa shape index (κ1) is 13.9. The number of carbonyl (C=O) groups excluding carboxylic acids is 1. The van der Waals surface area contributed by atoms with Gasteiger partial charge in [-0.1, -0.05) is 6.92 Å². The number of rotatable bonds is 7. The van der Waals surface area contributed by atoms with Crippen molar-refractivity contribution in [3.63, 3.8) is 0 Å². The van der Waals surface area contributed by atoms with Crippen molar-refractivity contribution in [3.8, 4) is 0 Å². The third-order valence-corrected chi connectivity index (χ3v) is 2.32. The number of nitrogens with one attached hydrogen (secondary N) is 1. The maximum absolute atomic E-state index is 11.3. The summed E-state index contributed by atoms with van der Waals surface area (Å²) in [5.74, 6) is -1.04. The van der Waals surface area contributed by atoms with Crippen LogP contribution in [-0.2, 0) is 9.59 Å². The van der Waals surface area contributed by atoms with E-state index in [2.05, 4.69) is 5.32 Å². The lowest BCUT2D eigenvalue weighted by molar-refractivity contribution is -0.137. The highest BCUT2D eigenvalue weighted by Crippen LogP contribution is 2.02. The Labute approximate surface area is 89.5 Å². The van der Waals surface area contributed by atoms with E-state index in [0.717, 1.165) is 0 Å². The van der Waals surface area contributed by atoms with Crippen molar-refractivity contribution >= 4 is 11.9 Å². The van der Waals surface area contributed by atoms with Gasteiger partial charge in [-0.3, -0.25) is 9.59 Å². The van der Waals surface area contributed by atoms with Crippen LogP contribution in [0.3, 0.4) is 0 Å². The molecule has 2 atom stereocenters. The summed E-state index contributed by atoms with van der Waals surface area (Å²) < 4.78 is 0. The fourth-order valence-electron chi connectivity index (χ4n) is 1.03. The first-order valence-corrected chi connectivity index (χ1v) is 5.09. The van der Waals surface area contributed by atoms with Gasteiger partial charge in [0, 0.05) is 25.5 Å². The van der Waals surface area contributed by atoms with E-state index >= 15 is 0 Å². The molecule has 0 aromatic rings. The van der Waals surface area contributed by atoms with Crippen molar-refractivity contribution in [2.24, 2.45) is 5.92 Å². The predicted molar refractivity (Wildman–Crippen MR) is 55.3 cm³/mol. The summed E-state index contributed by atoms with van der Waals surface area (Å²) in [4.78, 5) is 21.5. The Morgan fingerprint density at radius 3 is 2.33 bits per heavy atom. The van der Waals surface area contributed by atoms with Crippen molar-refractivity contribution in [2.75, 3.05) is 6.61 Å². The average molecular weight is 217 g/mol. The van der Waals surface area contributed by atoms with Gasteiger partial charge in [0.1, 0.15) is 0 Å². The van der Waals surface area contributed by atoms with E-state index in [1.807, 2.05) is 13.8 Å². The molecule has 0 aliphatic rings. The maximum Gasteiger partial charge on any atom is 0.303 e. The molecule has 0 aromatic carbocycles. The fourth-order valence-corrected chi connectivity index (χ4v) is 1.03. The number of aliphatic hydroxyl groups excluding tert-OH is 1. The number of aliphatic carboxylic acids is 1. The molecule has 0 aliphatic carbocycles. The van der Waals surface area contributed by atoms with Crippen LogP contribution in [0.4, 0.5) is 0 Å². The zero-order valence-corrected chi connectivity index (χ0v) is 9.19. The van der Waals surface area contributed by atoms with Crippen LogP contribution in [0, 0.1) is 5.92 Å². The molecule has 2 unspecified atom stereocenters. The molecule has 1 amide bonds. The summed E-state index contributed by atoms with van der Waals surface area (Å²) in [7, 11) is 0. The molecule has 0 bridgehead atoms. The van der Waals surface area contributed by atoms with Crippen LogP contribution in [0.25, 0.3) is 0 Å². The highest BCUT2D eigenvalue weighted by atomic mass is 16.4. The monoisotopic (exact) mass is 217 g/mol. The molecular formula is C10H19NO4. The number of hydrogen-bond donors (Lipinski definition) is 3. The lowest BCUT2D eigenvalue weighted by atomic mass is 10.0.